The zero-order valence-electron chi connectivity index (χ0n) is 10.7. The number of benzene rings is 1. The molecule has 0 aromatic heterocycles. The second kappa shape index (κ2) is 5.76. The van der Waals surface area contributed by atoms with Crippen molar-refractivity contribution >= 4 is 17.7 Å². The molecule has 1 saturated heterocycles. The minimum absolute atomic E-state index is 0.0665. The molecular weight excluding hydrogens is 248 g/mol. The van der Waals surface area contributed by atoms with Gasteiger partial charge in [-0.05, 0) is 38.3 Å². The van der Waals surface area contributed by atoms with Crippen molar-refractivity contribution in [3.05, 3.63) is 29.3 Å². The maximum Gasteiger partial charge on any atom is 0.332 e. The lowest BCUT2D eigenvalue weighted by Crippen LogP contribution is -2.21. The Bertz CT molecular complexity index is 445. The van der Waals surface area contributed by atoms with Crippen LogP contribution in [0.25, 0.3) is 0 Å². The maximum atomic E-state index is 10.8. The molecule has 0 amide bonds. The molecule has 18 heavy (non-hydrogen) atoms. The molecule has 3 nitrogen and oxygen atoms in total. The predicted molar refractivity (Wildman–Crippen MR) is 72.2 cm³/mol. The summed E-state index contributed by atoms with van der Waals surface area (Å²) in [6.07, 6.45) is 0.939. The van der Waals surface area contributed by atoms with Crippen LogP contribution in [0.5, 0.6) is 0 Å². The van der Waals surface area contributed by atoms with Gasteiger partial charge in [-0.2, -0.15) is 0 Å². The molecule has 1 aromatic rings. The third-order valence-electron chi connectivity index (χ3n) is 3.14. The summed E-state index contributed by atoms with van der Waals surface area (Å²) in [7, 11) is 0. The van der Waals surface area contributed by atoms with Crippen LogP contribution >= 0.6 is 11.8 Å². The standard InChI is InChI=1S/C14H18O3S/c1-9-3-6-13(10(2)7-9)18-8-11-4-5-12(17-11)14(15)16/h3,6-7,11-12H,4-5,8H2,1-2H3,(H,15,16). The minimum Gasteiger partial charge on any atom is -0.479 e. The van der Waals surface area contributed by atoms with Crippen molar-refractivity contribution in [3.63, 3.8) is 0 Å². The van der Waals surface area contributed by atoms with E-state index < -0.39 is 12.1 Å². The van der Waals surface area contributed by atoms with Crippen molar-refractivity contribution in [2.24, 2.45) is 0 Å². The fourth-order valence-electron chi connectivity index (χ4n) is 2.15. The van der Waals surface area contributed by atoms with Crippen LogP contribution in [0.15, 0.2) is 23.1 Å². The summed E-state index contributed by atoms with van der Waals surface area (Å²) in [5.41, 5.74) is 2.53. The molecule has 4 heteroatoms. The number of carboxylic acids is 1. The smallest absolute Gasteiger partial charge is 0.332 e. The third-order valence-corrected chi connectivity index (χ3v) is 4.45. The maximum absolute atomic E-state index is 10.8. The van der Waals surface area contributed by atoms with Gasteiger partial charge in [0.2, 0.25) is 0 Å². The first kappa shape index (κ1) is 13.4. The van der Waals surface area contributed by atoms with Gasteiger partial charge in [0.1, 0.15) is 0 Å². The lowest BCUT2D eigenvalue weighted by Gasteiger charge is -2.12. The number of thioether (sulfide) groups is 1. The van der Waals surface area contributed by atoms with E-state index >= 15 is 0 Å². The van der Waals surface area contributed by atoms with E-state index in [4.69, 9.17) is 9.84 Å². The monoisotopic (exact) mass is 266 g/mol. The quantitative estimate of drug-likeness (QED) is 0.851. The van der Waals surface area contributed by atoms with Gasteiger partial charge in [-0.15, -0.1) is 11.8 Å². The Hall–Kier alpha value is -1.00. The summed E-state index contributed by atoms with van der Waals surface area (Å²) < 4.78 is 5.49. The van der Waals surface area contributed by atoms with Crippen LogP contribution < -0.4 is 0 Å². The van der Waals surface area contributed by atoms with Crippen LogP contribution in [-0.4, -0.2) is 29.0 Å². The highest BCUT2D eigenvalue weighted by Gasteiger charge is 2.30. The molecule has 1 heterocycles. The summed E-state index contributed by atoms with van der Waals surface area (Å²) in [5, 5.41) is 8.86. The Morgan fingerprint density at radius 2 is 2.22 bits per heavy atom. The van der Waals surface area contributed by atoms with Crippen LogP contribution in [0.4, 0.5) is 0 Å². The molecule has 1 aromatic carbocycles. The normalized spacial score (nSPS) is 23.2. The van der Waals surface area contributed by atoms with Crippen LogP contribution in [0.3, 0.4) is 0 Å². The number of carbonyl (C=O) groups is 1. The van der Waals surface area contributed by atoms with Crippen molar-refractivity contribution in [1.82, 2.24) is 0 Å². The van der Waals surface area contributed by atoms with E-state index in [0.717, 1.165) is 12.2 Å². The van der Waals surface area contributed by atoms with Crippen molar-refractivity contribution < 1.29 is 14.6 Å². The molecule has 2 rings (SSSR count). The van der Waals surface area contributed by atoms with Crippen LogP contribution in [0, 0.1) is 13.8 Å². The van der Waals surface area contributed by atoms with Crippen molar-refractivity contribution in [3.8, 4) is 0 Å². The first-order valence-electron chi connectivity index (χ1n) is 6.14. The van der Waals surface area contributed by atoms with Crippen molar-refractivity contribution in [2.45, 2.75) is 43.8 Å². The number of hydrogen-bond acceptors (Lipinski definition) is 3. The van der Waals surface area contributed by atoms with E-state index in [1.165, 1.54) is 16.0 Å². The van der Waals surface area contributed by atoms with Crippen LogP contribution in [0.2, 0.25) is 0 Å². The highest BCUT2D eigenvalue weighted by Crippen LogP contribution is 2.28. The van der Waals surface area contributed by atoms with Gasteiger partial charge >= 0.3 is 5.97 Å². The number of hydrogen-bond donors (Lipinski definition) is 1. The van der Waals surface area contributed by atoms with Gasteiger partial charge in [0, 0.05) is 10.6 Å². The number of aryl methyl sites for hydroxylation is 2. The summed E-state index contributed by atoms with van der Waals surface area (Å²) in [6.45, 7) is 4.18. The fourth-order valence-corrected chi connectivity index (χ4v) is 3.22. The molecule has 0 aliphatic carbocycles. The largest absolute Gasteiger partial charge is 0.479 e. The summed E-state index contributed by atoms with van der Waals surface area (Å²) in [5.74, 6) is -0.0118. The Balaban J connectivity index is 1.87. The Labute approximate surface area is 112 Å². The predicted octanol–water partition coefficient (Wildman–Crippen LogP) is 3.03. The van der Waals surface area contributed by atoms with Gasteiger partial charge in [0.15, 0.2) is 6.10 Å². The summed E-state index contributed by atoms with van der Waals surface area (Å²) in [4.78, 5) is 12.0. The first-order chi connectivity index (χ1) is 8.56. The average Bonchev–Trinajstić information content (AvgIpc) is 2.76. The second-order valence-corrected chi connectivity index (χ2v) is 5.80. The van der Waals surface area contributed by atoms with Gasteiger partial charge in [-0.25, -0.2) is 4.79 Å². The molecule has 0 spiro atoms. The van der Waals surface area contributed by atoms with Gasteiger partial charge in [0.25, 0.3) is 0 Å². The number of ether oxygens (including phenoxy) is 1. The Kier molecular flexibility index (Phi) is 4.30. The SMILES string of the molecule is Cc1ccc(SCC2CCC(C(=O)O)O2)c(C)c1. The Morgan fingerprint density at radius 1 is 1.44 bits per heavy atom. The minimum atomic E-state index is -0.839. The molecule has 1 aliphatic heterocycles. The van der Waals surface area contributed by atoms with Crippen LogP contribution in [0.1, 0.15) is 24.0 Å². The van der Waals surface area contributed by atoms with E-state index in [9.17, 15) is 4.79 Å². The molecule has 2 atom stereocenters. The lowest BCUT2D eigenvalue weighted by molar-refractivity contribution is -0.148. The lowest BCUT2D eigenvalue weighted by atomic mass is 10.2. The summed E-state index contributed by atoms with van der Waals surface area (Å²) >= 11 is 1.75. The number of aliphatic carboxylic acids is 1. The molecule has 1 N–H and O–H groups in total. The number of rotatable bonds is 4. The molecule has 2 unspecified atom stereocenters. The molecule has 0 bridgehead atoms. The molecular formula is C14H18O3S. The molecule has 1 fully saturated rings. The van der Waals surface area contributed by atoms with Crippen LogP contribution in [-0.2, 0) is 9.53 Å². The van der Waals surface area contributed by atoms with Gasteiger partial charge in [-0.1, -0.05) is 17.7 Å². The third kappa shape index (κ3) is 3.27. The van der Waals surface area contributed by atoms with E-state index in [1.807, 2.05) is 0 Å². The molecule has 98 valence electrons. The Morgan fingerprint density at radius 3 is 2.83 bits per heavy atom. The van der Waals surface area contributed by atoms with Crippen molar-refractivity contribution in [2.75, 3.05) is 5.75 Å². The highest BCUT2D eigenvalue weighted by molar-refractivity contribution is 7.99. The molecule has 1 aliphatic rings. The average molecular weight is 266 g/mol. The van der Waals surface area contributed by atoms with Gasteiger partial charge in [0.05, 0.1) is 6.10 Å². The van der Waals surface area contributed by atoms with E-state index in [2.05, 4.69) is 32.0 Å². The van der Waals surface area contributed by atoms with Crippen molar-refractivity contribution in [1.29, 1.82) is 0 Å². The zero-order chi connectivity index (χ0) is 13.1. The van der Waals surface area contributed by atoms with E-state index in [1.54, 1.807) is 11.8 Å². The fraction of sp³-hybridized carbons (Fsp3) is 0.500. The van der Waals surface area contributed by atoms with E-state index in [0.29, 0.717) is 6.42 Å². The van der Waals surface area contributed by atoms with Gasteiger partial charge < -0.3 is 9.84 Å². The highest BCUT2D eigenvalue weighted by atomic mass is 32.2. The summed E-state index contributed by atoms with van der Waals surface area (Å²) in [6, 6.07) is 6.39. The number of carboxylic acid groups (broad SMARTS) is 1. The van der Waals surface area contributed by atoms with Gasteiger partial charge in [-0.3, -0.25) is 0 Å². The zero-order valence-corrected chi connectivity index (χ0v) is 11.5. The topological polar surface area (TPSA) is 46.5 Å². The van der Waals surface area contributed by atoms with E-state index in [-0.39, 0.29) is 6.10 Å². The molecule has 0 saturated carbocycles. The first-order valence-corrected chi connectivity index (χ1v) is 7.13. The molecule has 0 radical (unpaired) electrons. The second-order valence-electron chi connectivity index (χ2n) is 4.74.